The van der Waals surface area contributed by atoms with Crippen LogP contribution < -0.4 is 0 Å². The molecule has 0 rings (SSSR count). The molecule has 0 heterocycles. The lowest BCUT2D eigenvalue weighted by Crippen LogP contribution is -2.27. The topological polar surface area (TPSA) is 86.7 Å². The van der Waals surface area contributed by atoms with E-state index in [2.05, 4.69) is 22.6 Å². The van der Waals surface area contributed by atoms with Gasteiger partial charge in [-0.25, -0.2) is 9.59 Å². The summed E-state index contributed by atoms with van der Waals surface area (Å²) in [6.07, 6.45) is 4.06. The molecule has 0 aromatic carbocycles. The molecule has 22 heavy (non-hydrogen) atoms. The summed E-state index contributed by atoms with van der Waals surface area (Å²) in [5, 5.41) is 0. The van der Waals surface area contributed by atoms with Gasteiger partial charge in [-0.05, 0) is 27.7 Å². The van der Waals surface area contributed by atoms with Crippen LogP contribution in [0.5, 0.6) is 0 Å². The number of carbonyl (C=O) groups excluding carboxylic acids is 4. The summed E-state index contributed by atoms with van der Waals surface area (Å²) in [5.41, 5.74) is -2.07. The van der Waals surface area contributed by atoms with Crippen molar-refractivity contribution in [3.63, 3.8) is 0 Å². The summed E-state index contributed by atoms with van der Waals surface area (Å²) in [6, 6.07) is 0. The molecule has 6 heteroatoms. The van der Waals surface area contributed by atoms with Gasteiger partial charge in [0.15, 0.2) is 0 Å². The van der Waals surface area contributed by atoms with E-state index in [0.717, 1.165) is 0 Å². The van der Waals surface area contributed by atoms with Gasteiger partial charge >= 0.3 is 23.9 Å². The van der Waals surface area contributed by atoms with Gasteiger partial charge in [0.1, 0.15) is 0 Å². The van der Waals surface area contributed by atoms with E-state index < -0.39 is 34.7 Å². The third kappa shape index (κ3) is 5.87. The number of hydrogen-bond acceptors (Lipinski definition) is 6. The van der Waals surface area contributed by atoms with Gasteiger partial charge in [-0.2, -0.15) is 0 Å². The molecule has 0 aliphatic rings. The Morgan fingerprint density at radius 3 is 1.23 bits per heavy atom. The Morgan fingerprint density at radius 1 is 0.727 bits per heavy atom. The summed E-state index contributed by atoms with van der Waals surface area (Å²) < 4.78 is 9.01. The monoisotopic (exact) mass is 308 g/mol. The average molecular weight is 308 g/mol. The predicted octanol–water partition coefficient (Wildman–Crippen LogP) is 2.11. The maximum atomic E-state index is 11.6. The number of ether oxygens (including phenoxy) is 2. The second-order valence-corrected chi connectivity index (χ2v) is 5.60. The van der Waals surface area contributed by atoms with Crippen molar-refractivity contribution in [2.45, 2.75) is 27.7 Å². The van der Waals surface area contributed by atoms with E-state index in [9.17, 15) is 19.2 Å². The molecule has 0 saturated heterocycles. The molecular weight excluding hydrogens is 288 g/mol. The Morgan fingerprint density at radius 2 is 1.00 bits per heavy atom. The first-order valence-electron chi connectivity index (χ1n) is 6.44. The molecular formula is C16H20O6. The van der Waals surface area contributed by atoms with E-state index in [0.29, 0.717) is 12.2 Å². The number of esters is 4. The molecule has 0 spiro atoms. The minimum atomic E-state index is -1.05. The number of hydrogen-bond donors (Lipinski definition) is 0. The fourth-order valence-corrected chi connectivity index (χ4v) is 0.817. The molecule has 6 nitrogen and oxygen atoms in total. The van der Waals surface area contributed by atoms with E-state index in [1.165, 1.54) is 39.8 Å². The van der Waals surface area contributed by atoms with Gasteiger partial charge < -0.3 is 9.47 Å². The molecule has 120 valence electrons. The summed E-state index contributed by atoms with van der Waals surface area (Å²) in [7, 11) is 0. The van der Waals surface area contributed by atoms with Gasteiger partial charge in [0.25, 0.3) is 0 Å². The summed E-state index contributed by atoms with van der Waals surface area (Å²) in [5.74, 6) is -3.72. The predicted molar refractivity (Wildman–Crippen MR) is 79.3 cm³/mol. The average Bonchev–Trinajstić information content (AvgIpc) is 2.44. The lowest BCUT2D eigenvalue weighted by molar-refractivity contribution is -0.163. The molecule has 0 radical (unpaired) electrons. The highest BCUT2D eigenvalue weighted by atomic mass is 16.6. The fraction of sp³-hybridized carbons (Fsp3) is 0.375. The molecule has 0 fully saturated rings. The Bertz CT molecular complexity index is 489. The highest BCUT2D eigenvalue weighted by molar-refractivity contribution is 6.00. The number of rotatable bonds is 6. The first-order chi connectivity index (χ1) is 9.96. The molecule has 0 aromatic rings. The van der Waals surface area contributed by atoms with Crippen molar-refractivity contribution in [1.29, 1.82) is 0 Å². The Balaban J connectivity index is 4.61. The molecule has 0 atom stereocenters. The van der Waals surface area contributed by atoms with Crippen molar-refractivity contribution in [3.8, 4) is 0 Å². The zero-order valence-electron chi connectivity index (χ0n) is 13.2. The summed E-state index contributed by atoms with van der Waals surface area (Å²) in [6.45, 7) is 13.0. The van der Waals surface area contributed by atoms with Gasteiger partial charge in [-0.3, -0.25) is 9.59 Å². The van der Waals surface area contributed by atoms with Gasteiger partial charge in [0.05, 0.1) is 10.8 Å². The maximum Gasteiger partial charge on any atom is 0.338 e. The van der Waals surface area contributed by atoms with E-state index in [1.54, 1.807) is 0 Å². The summed E-state index contributed by atoms with van der Waals surface area (Å²) in [4.78, 5) is 45.9. The largest absolute Gasteiger partial charge is 0.389 e. The van der Waals surface area contributed by atoms with E-state index in [4.69, 9.17) is 0 Å². The van der Waals surface area contributed by atoms with Crippen LogP contribution >= 0.6 is 0 Å². The smallest absolute Gasteiger partial charge is 0.338 e. The van der Waals surface area contributed by atoms with Crippen LogP contribution in [-0.4, -0.2) is 23.9 Å². The first kappa shape index (κ1) is 19.5. The van der Waals surface area contributed by atoms with Gasteiger partial charge in [-0.1, -0.05) is 12.2 Å². The van der Waals surface area contributed by atoms with Crippen LogP contribution in [0.2, 0.25) is 0 Å². The van der Waals surface area contributed by atoms with Crippen molar-refractivity contribution in [2.75, 3.05) is 0 Å². The standard InChI is InChI=1S/C16H20O6/c1-7-15(3,4)13(19)21-11(17)9-10-12(18)22-14(20)16(5,6)8-2/h7-10H,1-2H2,3-6H3/b10-9-. The van der Waals surface area contributed by atoms with Crippen LogP contribution in [0.4, 0.5) is 0 Å². The molecule has 0 N–H and O–H groups in total. The molecule has 0 aliphatic carbocycles. The van der Waals surface area contributed by atoms with Gasteiger partial charge in [0, 0.05) is 12.2 Å². The number of carbonyl (C=O) groups is 4. The van der Waals surface area contributed by atoms with Crippen LogP contribution in [0.3, 0.4) is 0 Å². The molecule has 0 aliphatic heterocycles. The van der Waals surface area contributed by atoms with Crippen LogP contribution in [0, 0.1) is 10.8 Å². The second kappa shape index (κ2) is 7.49. The molecule has 0 amide bonds. The molecule has 0 saturated carbocycles. The minimum absolute atomic E-state index is 0.702. The molecule has 0 aromatic heterocycles. The van der Waals surface area contributed by atoms with Crippen molar-refractivity contribution < 1.29 is 28.7 Å². The highest BCUT2D eigenvalue weighted by Crippen LogP contribution is 2.19. The van der Waals surface area contributed by atoms with Crippen molar-refractivity contribution in [2.24, 2.45) is 10.8 Å². The van der Waals surface area contributed by atoms with Gasteiger partial charge in [-0.15, -0.1) is 13.2 Å². The van der Waals surface area contributed by atoms with Crippen LogP contribution in [-0.2, 0) is 28.7 Å². The Kier molecular flexibility index (Phi) is 6.64. The Hall–Kier alpha value is -2.50. The lowest BCUT2D eigenvalue weighted by Gasteiger charge is -2.16. The lowest BCUT2D eigenvalue weighted by atomic mass is 9.94. The normalized spacial score (nSPS) is 11.6. The minimum Gasteiger partial charge on any atom is -0.389 e. The fourth-order valence-electron chi connectivity index (χ4n) is 0.817. The van der Waals surface area contributed by atoms with E-state index in [1.807, 2.05) is 0 Å². The van der Waals surface area contributed by atoms with Crippen molar-refractivity contribution >= 4 is 23.9 Å². The molecule has 0 unspecified atom stereocenters. The SMILES string of the molecule is C=CC(C)(C)C(=O)OC(=O)/C=C\C(=O)OC(=O)C(C)(C)C=C. The van der Waals surface area contributed by atoms with Crippen LogP contribution in [0.25, 0.3) is 0 Å². The van der Waals surface area contributed by atoms with Crippen molar-refractivity contribution in [3.05, 3.63) is 37.5 Å². The quantitative estimate of drug-likeness (QED) is 0.323. The van der Waals surface area contributed by atoms with E-state index >= 15 is 0 Å². The highest BCUT2D eigenvalue weighted by Gasteiger charge is 2.28. The first-order valence-corrected chi connectivity index (χ1v) is 6.44. The second-order valence-electron chi connectivity index (χ2n) is 5.60. The van der Waals surface area contributed by atoms with Crippen molar-refractivity contribution in [1.82, 2.24) is 0 Å². The third-order valence-corrected chi connectivity index (χ3v) is 2.81. The Labute approximate surface area is 129 Å². The molecule has 0 bridgehead atoms. The van der Waals surface area contributed by atoms with Crippen LogP contribution in [0.15, 0.2) is 37.5 Å². The van der Waals surface area contributed by atoms with Crippen LogP contribution in [0.1, 0.15) is 27.7 Å². The van der Waals surface area contributed by atoms with Gasteiger partial charge in [0.2, 0.25) is 0 Å². The maximum absolute atomic E-state index is 11.6. The summed E-state index contributed by atoms with van der Waals surface area (Å²) >= 11 is 0. The van der Waals surface area contributed by atoms with E-state index in [-0.39, 0.29) is 0 Å². The zero-order chi connectivity index (χ0) is 17.6. The third-order valence-electron chi connectivity index (χ3n) is 2.81. The zero-order valence-corrected chi connectivity index (χ0v) is 13.2.